The third kappa shape index (κ3) is 3.71. The van der Waals surface area contributed by atoms with E-state index in [0.29, 0.717) is 37.6 Å². The third-order valence-electron chi connectivity index (χ3n) is 7.15. The summed E-state index contributed by atoms with van der Waals surface area (Å²) in [6.45, 7) is 3.65. The van der Waals surface area contributed by atoms with Crippen LogP contribution < -0.4 is 10.3 Å². The van der Waals surface area contributed by atoms with Crippen molar-refractivity contribution in [2.75, 3.05) is 20.2 Å². The first-order chi connectivity index (χ1) is 16.0. The molecular weight excluding hydrogens is 418 g/mol. The van der Waals surface area contributed by atoms with Crippen LogP contribution in [0.5, 0.6) is 5.75 Å². The highest BCUT2D eigenvalue weighted by molar-refractivity contribution is 5.95. The Hall–Kier alpha value is -3.16. The number of carbonyl (C=O) groups excluding carboxylic acids is 1. The van der Waals surface area contributed by atoms with Gasteiger partial charge in [0.15, 0.2) is 5.69 Å². The minimum atomic E-state index is -0.445. The van der Waals surface area contributed by atoms with Gasteiger partial charge in [-0.1, -0.05) is 26.2 Å². The summed E-state index contributed by atoms with van der Waals surface area (Å²) < 4.78 is 10.0. The predicted octanol–water partition coefficient (Wildman–Crippen LogP) is 3.37. The second-order valence-electron chi connectivity index (χ2n) is 9.30. The standard InChI is InChI=1S/C25H31N5O3/c1-3-4-16-33-21-20-24(32)28(2)14-15-29(20)19(27-23(21)31)17-25(10-5-6-11-25)30-13-9-18-8-7-12-26-22(18)30/h7-9,12-13H,3-6,10-11,14-17H2,1-2H3. The molecule has 1 saturated carbocycles. The molecule has 1 aliphatic heterocycles. The molecular formula is C25H31N5O3. The van der Waals surface area contributed by atoms with E-state index in [2.05, 4.69) is 39.8 Å². The average molecular weight is 450 g/mol. The molecule has 0 atom stereocenters. The number of hydrogen-bond donors (Lipinski definition) is 0. The van der Waals surface area contributed by atoms with Crippen LogP contribution in [0.4, 0.5) is 0 Å². The zero-order valence-electron chi connectivity index (χ0n) is 19.4. The Morgan fingerprint density at radius 1 is 1.15 bits per heavy atom. The Kier molecular flexibility index (Phi) is 5.68. The van der Waals surface area contributed by atoms with Crippen LogP contribution in [0.25, 0.3) is 11.0 Å². The molecule has 3 aromatic rings. The minimum Gasteiger partial charge on any atom is -0.486 e. The quantitative estimate of drug-likeness (QED) is 0.517. The van der Waals surface area contributed by atoms with E-state index in [0.717, 1.165) is 49.6 Å². The summed E-state index contributed by atoms with van der Waals surface area (Å²) in [5, 5.41) is 1.10. The summed E-state index contributed by atoms with van der Waals surface area (Å²) in [6, 6.07) is 6.12. The van der Waals surface area contributed by atoms with Gasteiger partial charge in [0.25, 0.3) is 5.91 Å². The van der Waals surface area contributed by atoms with Gasteiger partial charge in [-0.25, -0.2) is 4.98 Å². The van der Waals surface area contributed by atoms with Gasteiger partial charge < -0.3 is 18.8 Å². The Labute approximate surface area is 193 Å². The maximum Gasteiger partial charge on any atom is 0.316 e. The molecule has 174 valence electrons. The Morgan fingerprint density at radius 3 is 2.76 bits per heavy atom. The van der Waals surface area contributed by atoms with E-state index < -0.39 is 5.56 Å². The number of likely N-dealkylation sites (N-methyl/N-ethyl adjacent to an activating group) is 1. The molecule has 0 saturated heterocycles. The molecule has 0 radical (unpaired) electrons. The number of rotatable bonds is 7. The minimum absolute atomic E-state index is 0.0947. The van der Waals surface area contributed by atoms with Crippen LogP contribution in [0, 0.1) is 0 Å². The third-order valence-corrected chi connectivity index (χ3v) is 7.15. The summed E-state index contributed by atoms with van der Waals surface area (Å²) in [5.74, 6) is 0.582. The number of nitrogens with zero attached hydrogens (tertiary/aromatic N) is 5. The number of amides is 1. The maximum absolute atomic E-state index is 13.1. The fraction of sp³-hybridized carbons (Fsp3) is 0.520. The summed E-state index contributed by atoms with van der Waals surface area (Å²) in [5.41, 5.74) is 0.641. The molecule has 0 unspecified atom stereocenters. The number of ether oxygens (including phenoxy) is 1. The van der Waals surface area contributed by atoms with Gasteiger partial charge in [0.2, 0.25) is 5.75 Å². The molecule has 4 heterocycles. The van der Waals surface area contributed by atoms with Crippen molar-refractivity contribution in [1.29, 1.82) is 0 Å². The fourth-order valence-electron chi connectivity index (χ4n) is 5.33. The van der Waals surface area contributed by atoms with Gasteiger partial charge in [-0.05, 0) is 37.5 Å². The largest absolute Gasteiger partial charge is 0.486 e. The highest BCUT2D eigenvalue weighted by Crippen LogP contribution is 2.41. The number of hydrogen-bond acceptors (Lipinski definition) is 5. The highest BCUT2D eigenvalue weighted by atomic mass is 16.5. The van der Waals surface area contributed by atoms with Crippen LogP contribution in [0.1, 0.15) is 61.8 Å². The van der Waals surface area contributed by atoms with Crippen molar-refractivity contribution in [3.05, 3.63) is 52.5 Å². The molecule has 8 nitrogen and oxygen atoms in total. The van der Waals surface area contributed by atoms with Crippen molar-refractivity contribution in [2.24, 2.45) is 0 Å². The molecule has 0 N–H and O–H groups in total. The van der Waals surface area contributed by atoms with Gasteiger partial charge >= 0.3 is 5.56 Å². The first-order valence-electron chi connectivity index (χ1n) is 12.0. The highest BCUT2D eigenvalue weighted by Gasteiger charge is 2.40. The van der Waals surface area contributed by atoms with Gasteiger partial charge in [0, 0.05) is 44.3 Å². The second kappa shape index (κ2) is 8.65. The SMILES string of the molecule is CCCCOc1c2n(c(CC3(n4ccc5cccnc54)CCCC3)nc1=O)CCN(C)C2=O. The van der Waals surface area contributed by atoms with Crippen LogP contribution in [-0.2, 0) is 18.5 Å². The molecule has 5 rings (SSSR count). The zero-order chi connectivity index (χ0) is 23.0. The number of fused-ring (bicyclic) bond motifs is 2. The second-order valence-corrected chi connectivity index (χ2v) is 9.30. The van der Waals surface area contributed by atoms with E-state index in [-0.39, 0.29) is 17.2 Å². The van der Waals surface area contributed by atoms with Crippen molar-refractivity contribution < 1.29 is 9.53 Å². The van der Waals surface area contributed by atoms with Crippen LogP contribution in [0.15, 0.2) is 35.4 Å². The Bertz CT molecular complexity index is 1240. The van der Waals surface area contributed by atoms with E-state index in [9.17, 15) is 9.59 Å². The first kappa shape index (κ1) is 21.7. The van der Waals surface area contributed by atoms with E-state index in [1.54, 1.807) is 11.9 Å². The molecule has 33 heavy (non-hydrogen) atoms. The van der Waals surface area contributed by atoms with Crippen LogP contribution in [0.3, 0.4) is 0 Å². The van der Waals surface area contributed by atoms with Gasteiger partial charge in [-0.2, -0.15) is 4.98 Å². The fourth-order valence-corrected chi connectivity index (χ4v) is 5.33. The van der Waals surface area contributed by atoms with E-state index in [1.807, 2.05) is 16.8 Å². The van der Waals surface area contributed by atoms with E-state index in [1.165, 1.54) is 0 Å². The van der Waals surface area contributed by atoms with Crippen LogP contribution in [-0.4, -0.2) is 50.1 Å². The topological polar surface area (TPSA) is 82.2 Å². The van der Waals surface area contributed by atoms with Crippen molar-refractivity contribution in [3.63, 3.8) is 0 Å². The lowest BCUT2D eigenvalue weighted by Crippen LogP contribution is -2.43. The van der Waals surface area contributed by atoms with E-state index >= 15 is 0 Å². The first-order valence-corrected chi connectivity index (χ1v) is 12.0. The Balaban J connectivity index is 1.61. The average Bonchev–Trinajstić information content (AvgIpc) is 3.46. The predicted molar refractivity (Wildman–Crippen MR) is 126 cm³/mol. The van der Waals surface area contributed by atoms with Crippen LogP contribution in [0.2, 0.25) is 0 Å². The lowest BCUT2D eigenvalue weighted by Gasteiger charge is -2.34. The Morgan fingerprint density at radius 2 is 1.97 bits per heavy atom. The molecule has 1 fully saturated rings. The summed E-state index contributed by atoms with van der Waals surface area (Å²) >= 11 is 0. The molecule has 1 amide bonds. The summed E-state index contributed by atoms with van der Waals surface area (Å²) in [6.07, 6.45) is 10.5. The van der Waals surface area contributed by atoms with Gasteiger partial charge in [-0.3, -0.25) is 9.59 Å². The van der Waals surface area contributed by atoms with E-state index in [4.69, 9.17) is 4.74 Å². The lowest BCUT2D eigenvalue weighted by atomic mass is 9.91. The van der Waals surface area contributed by atoms with Crippen molar-refractivity contribution in [3.8, 4) is 5.75 Å². The molecule has 0 bridgehead atoms. The zero-order valence-corrected chi connectivity index (χ0v) is 19.4. The number of carbonyl (C=O) groups is 1. The maximum atomic E-state index is 13.1. The molecule has 8 heteroatoms. The molecule has 0 spiro atoms. The summed E-state index contributed by atoms with van der Waals surface area (Å²) in [4.78, 5) is 37.0. The lowest BCUT2D eigenvalue weighted by molar-refractivity contribution is 0.0734. The molecule has 2 aliphatic rings. The normalized spacial score (nSPS) is 17.5. The van der Waals surface area contributed by atoms with Gasteiger partial charge in [-0.15, -0.1) is 0 Å². The van der Waals surface area contributed by atoms with Gasteiger partial charge in [0.05, 0.1) is 12.1 Å². The van der Waals surface area contributed by atoms with Crippen molar-refractivity contribution >= 4 is 16.9 Å². The summed E-state index contributed by atoms with van der Waals surface area (Å²) in [7, 11) is 1.77. The monoisotopic (exact) mass is 449 g/mol. The molecule has 3 aromatic heterocycles. The smallest absolute Gasteiger partial charge is 0.316 e. The van der Waals surface area contributed by atoms with Crippen molar-refractivity contribution in [2.45, 2.75) is 64.0 Å². The molecule has 1 aliphatic carbocycles. The number of aromatic nitrogens is 4. The number of pyridine rings is 1. The van der Waals surface area contributed by atoms with Crippen LogP contribution >= 0.6 is 0 Å². The van der Waals surface area contributed by atoms with Crippen molar-refractivity contribution in [1.82, 2.24) is 24.0 Å². The number of unbranched alkanes of at least 4 members (excludes halogenated alkanes) is 1. The van der Waals surface area contributed by atoms with Gasteiger partial charge in [0.1, 0.15) is 11.5 Å². The molecule has 0 aromatic carbocycles.